The Morgan fingerprint density at radius 1 is 0.886 bits per heavy atom. The average Bonchev–Trinajstić information content (AvgIpc) is 3.27. The summed E-state index contributed by atoms with van der Waals surface area (Å²) in [5.41, 5.74) is 9.55. The number of benzene rings is 2. The van der Waals surface area contributed by atoms with Crippen LogP contribution in [-0.2, 0) is 38.5 Å². The minimum absolute atomic E-state index is 0.147. The molecule has 0 nitrogen and oxygen atoms in total. The molecule has 2 aromatic rings. The molecule has 2 aromatic carbocycles. The van der Waals surface area contributed by atoms with Gasteiger partial charge in [-0.1, -0.05) is 0 Å². The van der Waals surface area contributed by atoms with Crippen molar-refractivity contribution in [2.45, 2.75) is 99.2 Å². The van der Waals surface area contributed by atoms with E-state index < -0.39 is 29.3 Å². The van der Waals surface area contributed by atoms with Crippen molar-refractivity contribution >= 4 is 14.6 Å². The van der Waals surface area contributed by atoms with Gasteiger partial charge in [0.25, 0.3) is 0 Å². The molecule has 0 aromatic heterocycles. The maximum absolute atomic E-state index is 2.68. The van der Waals surface area contributed by atoms with Crippen molar-refractivity contribution in [2.75, 3.05) is 0 Å². The van der Waals surface area contributed by atoms with Crippen molar-refractivity contribution in [1.82, 2.24) is 0 Å². The van der Waals surface area contributed by atoms with Crippen LogP contribution in [0.4, 0.5) is 0 Å². The zero-order chi connectivity index (χ0) is 26.1. The standard InChI is InChI=1S/C21H25.C9H15Si.C3H6.Zr/c1-20(2,3)16-7-9-18-14(12-16)11-15-13-17(21(4,5)6)8-10-19(15)18;1-8-5-6-9(7-8)10(2,3)4;1-3-2;/h7-10,12H,11H2,1-6H3;6-8H,1-4H3;1-2H3;. The van der Waals surface area contributed by atoms with E-state index in [2.05, 4.69) is 124 Å². The molecule has 0 aliphatic heterocycles. The van der Waals surface area contributed by atoms with Crippen LogP contribution in [-0.4, -0.2) is 11.3 Å². The van der Waals surface area contributed by atoms with Gasteiger partial charge < -0.3 is 0 Å². The van der Waals surface area contributed by atoms with E-state index in [0.717, 1.165) is 6.42 Å². The van der Waals surface area contributed by atoms with Gasteiger partial charge in [0.05, 0.1) is 0 Å². The van der Waals surface area contributed by atoms with Crippen LogP contribution in [0.2, 0.25) is 19.6 Å². The monoisotopic (exact) mass is 560 g/mol. The van der Waals surface area contributed by atoms with Gasteiger partial charge in [-0.25, -0.2) is 0 Å². The van der Waals surface area contributed by atoms with Crippen molar-refractivity contribution in [3.8, 4) is 11.1 Å². The summed E-state index contributed by atoms with van der Waals surface area (Å²) in [4.78, 5) is 0. The number of hydrogen-bond donors (Lipinski definition) is 0. The average molecular weight is 562 g/mol. The molecule has 35 heavy (non-hydrogen) atoms. The predicted octanol–water partition coefficient (Wildman–Crippen LogP) is 8.65. The van der Waals surface area contributed by atoms with Crippen molar-refractivity contribution in [2.24, 2.45) is 5.92 Å². The first-order valence-electron chi connectivity index (χ1n) is 13.4. The molecule has 0 saturated carbocycles. The van der Waals surface area contributed by atoms with Crippen LogP contribution in [0.3, 0.4) is 0 Å². The first-order valence-corrected chi connectivity index (χ1v) is 20.6. The molecule has 0 heterocycles. The van der Waals surface area contributed by atoms with Crippen LogP contribution in [0, 0.1) is 5.92 Å². The molecule has 0 N–H and O–H groups in total. The fourth-order valence-electron chi connectivity index (χ4n) is 5.81. The Morgan fingerprint density at radius 3 is 2.03 bits per heavy atom. The van der Waals surface area contributed by atoms with E-state index in [1.54, 1.807) is 26.1 Å². The Balaban J connectivity index is 1.97. The molecule has 4 rings (SSSR count). The molecule has 1 atom stereocenters. The van der Waals surface area contributed by atoms with Gasteiger partial charge in [0.1, 0.15) is 0 Å². The summed E-state index contributed by atoms with van der Waals surface area (Å²) in [6.45, 7) is 29.1. The van der Waals surface area contributed by atoms with E-state index >= 15 is 0 Å². The van der Waals surface area contributed by atoms with E-state index in [4.69, 9.17) is 0 Å². The number of hydrogen-bond acceptors (Lipinski definition) is 0. The molecular weight excluding hydrogens is 516 g/mol. The fraction of sp³-hybridized carbons (Fsp3) is 0.485. The first kappa shape index (κ1) is 26.9. The van der Waals surface area contributed by atoms with Crippen LogP contribution >= 0.6 is 0 Å². The topological polar surface area (TPSA) is 0 Å². The third-order valence-electron chi connectivity index (χ3n) is 7.89. The zero-order valence-electron chi connectivity index (χ0n) is 24.3. The summed E-state index contributed by atoms with van der Waals surface area (Å²) < 4.78 is 5.30. The van der Waals surface area contributed by atoms with E-state index in [1.807, 2.05) is 0 Å². The second-order valence-electron chi connectivity index (χ2n) is 14.2. The molecule has 2 aliphatic carbocycles. The minimum atomic E-state index is -2.28. The second-order valence-corrected chi connectivity index (χ2v) is 26.2. The predicted molar refractivity (Wildman–Crippen MR) is 157 cm³/mol. The van der Waals surface area contributed by atoms with Gasteiger partial charge in [-0.15, -0.1) is 0 Å². The molecule has 0 radical (unpaired) electrons. The van der Waals surface area contributed by atoms with E-state index in [1.165, 1.54) is 22.3 Å². The van der Waals surface area contributed by atoms with Gasteiger partial charge in [-0.2, -0.15) is 0 Å². The zero-order valence-corrected chi connectivity index (χ0v) is 27.8. The first-order chi connectivity index (χ1) is 16.0. The van der Waals surface area contributed by atoms with Crippen LogP contribution < -0.4 is 3.27 Å². The van der Waals surface area contributed by atoms with Gasteiger partial charge in [-0.05, 0) is 0 Å². The van der Waals surface area contributed by atoms with Crippen LogP contribution in [0.15, 0.2) is 51.0 Å². The van der Waals surface area contributed by atoms with Gasteiger partial charge in [-0.3, -0.25) is 0 Å². The van der Waals surface area contributed by atoms with Crippen molar-refractivity contribution in [3.63, 3.8) is 0 Å². The Labute approximate surface area is 224 Å². The van der Waals surface area contributed by atoms with Crippen molar-refractivity contribution in [3.05, 3.63) is 73.2 Å². The van der Waals surface area contributed by atoms with E-state index in [-0.39, 0.29) is 10.8 Å². The number of rotatable bonds is 3. The van der Waals surface area contributed by atoms with Gasteiger partial charge >= 0.3 is 225 Å². The molecular formula is C33H46SiZr. The fourth-order valence-corrected chi connectivity index (χ4v) is 16.0. The molecule has 0 bridgehead atoms. The summed E-state index contributed by atoms with van der Waals surface area (Å²) >= 11 is -2.28. The molecule has 0 spiro atoms. The third-order valence-corrected chi connectivity index (χ3v) is 17.9. The Bertz CT molecular complexity index is 1280. The summed E-state index contributed by atoms with van der Waals surface area (Å²) in [5, 5.41) is 1.67. The molecule has 2 heteroatoms. The summed E-state index contributed by atoms with van der Waals surface area (Å²) in [6, 6.07) is 12.2. The Kier molecular flexibility index (Phi) is 6.94. The molecule has 0 fully saturated rings. The molecule has 0 amide bonds. The second kappa shape index (κ2) is 9.02. The van der Waals surface area contributed by atoms with Crippen molar-refractivity contribution < 1.29 is 21.3 Å². The Morgan fingerprint density at radius 2 is 1.51 bits per heavy atom. The normalized spacial score (nSPS) is 17.7. The molecule has 1 unspecified atom stereocenters. The van der Waals surface area contributed by atoms with E-state index in [0.29, 0.717) is 5.92 Å². The summed E-state index contributed by atoms with van der Waals surface area (Å²) in [6.07, 6.45) is 6.40. The summed E-state index contributed by atoms with van der Waals surface area (Å²) in [5.74, 6) is 0.584. The third kappa shape index (κ3) is 5.04. The molecule has 0 saturated heterocycles. The Hall–Kier alpha value is -1.11. The molecule has 186 valence electrons. The maximum atomic E-state index is 2.68. The van der Waals surface area contributed by atoms with Gasteiger partial charge in [0, 0.05) is 0 Å². The van der Waals surface area contributed by atoms with Crippen LogP contribution in [0.25, 0.3) is 11.1 Å². The van der Waals surface area contributed by atoms with Gasteiger partial charge in [0.2, 0.25) is 0 Å². The van der Waals surface area contributed by atoms with Crippen LogP contribution in [0.5, 0.6) is 0 Å². The van der Waals surface area contributed by atoms with Crippen molar-refractivity contribution in [1.29, 1.82) is 0 Å². The number of fused-ring (bicyclic) bond motifs is 3. The summed E-state index contributed by atoms with van der Waals surface area (Å²) in [7, 11) is -1.33. The SMILES string of the molecule is C[C](C)=[Zr]([C]1=CC([Si](C)(C)C)=CC1C)[c]1c(C(C)(C)C)ccc2c1Cc1cc(C(C)(C)C)ccc1-2. The quantitative estimate of drug-likeness (QED) is 0.281. The number of allylic oxidation sites excluding steroid dienone is 4. The van der Waals surface area contributed by atoms with Gasteiger partial charge in [0.15, 0.2) is 0 Å². The van der Waals surface area contributed by atoms with E-state index in [9.17, 15) is 0 Å². The van der Waals surface area contributed by atoms with Crippen LogP contribution in [0.1, 0.15) is 84.6 Å². The molecule has 2 aliphatic rings.